The molecule has 1 fully saturated rings. The SMILES string of the molecule is CN(CCc1ccccc1)CCN1CC[C@@H](C(C)(C)C(N)=O)C1. The van der Waals surface area contributed by atoms with Crippen molar-refractivity contribution in [3.63, 3.8) is 0 Å². The number of rotatable bonds is 8. The topological polar surface area (TPSA) is 49.6 Å². The van der Waals surface area contributed by atoms with Gasteiger partial charge in [-0.05, 0) is 37.9 Å². The number of likely N-dealkylation sites (N-methyl/N-ethyl adjacent to an activating group) is 1. The standard InChI is InChI=1S/C19H31N3O/c1-19(2,18(20)23)17-10-12-22(15-17)14-13-21(3)11-9-16-7-5-4-6-8-16/h4-8,17H,9-15H2,1-3H3,(H2,20,23)/t17-/m1/s1. The Bertz CT molecular complexity index is 501. The molecule has 1 aromatic carbocycles. The maximum absolute atomic E-state index is 11.6. The van der Waals surface area contributed by atoms with Crippen LogP contribution in [0.3, 0.4) is 0 Å². The molecule has 2 N–H and O–H groups in total. The van der Waals surface area contributed by atoms with Crippen molar-refractivity contribution in [2.45, 2.75) is 26.7 Å². The Morgan fingerprint density at radius 1 is 1.30 bits per heavy atom. The highest BCUT2D eigenvalue weighted by Gasteiger charge is 2.39. The summed E-state index contributed by atoms with van der Waals surface area (Å²) in [6.07, 6.45) is 2.17. The summed E-state index contributed by atoms with van der Waals surface area (Å²) in [5.74, 6) is 0.207. The van der Waals surface area contributed by atoms with E-state index in [0.29, 0.717) is 5.92 Å². The fourth-order valence-electron chi connectivity index (χ4n) is 3.21. The van der Waals surface area contributed by atoms with Crippen LogP contribution in [0.4, 0.5) is 0 Å². The van der Waals surface area contributed by atoms with Gasteiger partial charge >= 0.3 is 0 Å². The van der Waals surface area contributed by atoms with Crippen molar-refractivity contribution in [2.24, 2.45) is 17.1 Å². The fraction of sp³-hybridized carbons (Fsp3) is 0.632. The number of amides is 1. The van der Waals surface area contributed by atoms with Crippen molar-refractivity contribution < 1.29 is 4.79 Å². The maximum Gasteiger partial charge on any atom is 0.223 e. The largest absolute Gasteiger partial charge is 0.369 e. The lowest BCUT2D eigenvalue weighted by Gasteiger charge is -2.28. The van der Waals surface area contributed by atoms with Crippen LogP contribution in [0.5, 0.6) is 0 Å². The number of carbonyl (C=O) groups excluding carboxylic acids is 1. The van der Waals surface area contributed by atoms with E-state index in [-0.39, 0.29) is 5.91 Å². The highest BCUT2D eigenvalue weighted by molar-refractivity contribution is 5.80. The molecule has 23 heavy (non-hydrogen) atoms. The third-order valence-corrected chi connectivity index (χ3v) is 5.35. The molecule has 0 spiro atoms. The minimum absolute atomic E-state index is 0.177. The van der Waals surface area contributed by atoms with Gasteiger partial charge < -0.3 is 15.5 Å². The molecule has 1 atom stereocenters. The molecule has 0 aromatic heterocycles. The highest BCUT2D eigenvalue weighted by atomic mass is 16.1. The predicted molar refractivity (Wildman–Crippen MR) is 95.2 cm³/mol. The first-order valence-electron chi connectivity index (χ1n) is 8.64. The summed E-state index contributed by atoms with van der Waals surface area (Å²) in [5, 5.41) is 0. The molecule has 4 nitrogen and oxygen atoms in total. The summed E-state index contributed by atoms with van der Waals surface area (Å²) in [4.78, 5) is 16.5. The molecule has 1 aliphatic rings. The van der Waals surface area contributed by atoms with Gasteiger partial charge in [0.15, 0.2) is 0 Å². The van der Waals surface area contributed by atoms with Gasteiger partial charge in [-0.25, -0.2) is 0 Å². The van der Waals surface area contributed by atoms with Gasteiger partial charge in [0.1, 0.15) is 0 Å². The van der Waals surface area contributed by atoms with Crippen LogP contribution in [-0.4, -0.2) is 55.5 Å². The Labute approximate surface area is 140 Å². The van der Waals surface area contributed by atoms with Gasteiger partial charge in [-0.15, -0.1) is 0 Å². The molecule has 1 saturated heterocycles. The molecular weight excluding hydrogens is 286 g/mol. The number of carbonyl (C=O) groups is 1. The Kier molecular flexibility index (Phi) is 6.19. The number of nitrogens with two attached hydrogens (primary N) is 1. The molecule has 1 amide bonds. The second kappa shape index (κ2) is 7.93. The molecular formula is C19H31N3O. The smallest absolute Gasteiger partial charge is 0.223 e. The zero-order valence-corrected chi connectivity index (χ0v) is 14.8. The molecule has 0 radical (unpaired) electrons. The van der Waals surface area contributed by atoms with E-state index in [9.17, 15) is 4.79 Å². The van der Waals surface area contributed by atoms with E-state index in [1.807, 2.05) is 13.8 Å². The van der Waals surface area contributed by atoms with Crippen LogP contribution in [-0.2, 0) is 11.2 Å². The van der Waals surface area contributed by atoms with Gasteiger partial charge in [0.05, 0.1) is 0 Å². The Balaban J connectivity index is 1.69. The van der Waals surface area contributed by atoms with Crippen molar-refractivity contribution in [2.75, 3.05) is 39.8 Å². The summed E-state index contributed by atoms with van der Waals surface area (Å²) in [7, 11) is 2.18. The predicted octanol–water partition coefficient (Wildman–Crippen LogP) is 1.99. The summed E-state index contributed by atoms with van der Waals surface area (Å²) in [5.41, 5.74) is 6.54. The molecule has 1 aliphatic heterocycles. The summed E-state index contributed by atoms with van der Waals surface area (Å²) in [6, 6.07) is 10.6. The lowest BCUT2D eigenvalue weighted by Crippen LogP contribution is -2.40. The average Bonchev–Trinajstić information content (AvgIpc) is 3.01. The van der Waals surface area contributed by atoms with E-state index in [2.05, 4.69) is 47.2 Å². The second-order valence-corrected chi connectivity index (χ2v) is 7.41. The van der Waals surface area contributed by atoms with Crippen LogP contribution in [0.2, 0.25) is 0 Å². The second-order valence-electron chi connectivity index (χ2n) is 7.41. The molecule has 4 heteroatoms. The van der Waals surface area contributed by atoms with Crippen LogP contribution < -0.4 is 5.73 Å². The average molecular weight is 317 g/mol. The zero-order valence-electron chi connectivity index (χ0n) is 14.8. The number of nitrogens with zero attached hydrogens (tertiary/aromatic N) is 2. The van der Waals surface area contributed by atoms with E-state index in [1.165, 1.54) is 5.56 Å². The Morgan fingerprint density at radius 3 is 2.65 bits per heavy atom. The van der Waals surface area contributed by atoms with Crippen LogP contribution >= 0.6 is 0 Å². The number of primary amides is 1. The molecule has 0 bridgehead atoms. The van der Waals surface area contributed by atoms with Crippen molar-refractivity contribution in [3.05, 3.63) is 35.9 Å². The summed E-state index contributed by atoms with van der Waals surface area (Å²) < 4.78 is 0. The number of hydrogen-bond donors (Lipinski definition) is 1. The van der Waals surface area contributed by atoms with Crippen molar-refractivity contribution in [1.82, 2.24) is 9.80 Å². The molecule has 2 rings (SSSR count). The first-order chi connectivity index (χ1) is 10.9. The molecule has 1 aromatic rings. The Morgan fingerprint density at radius 2 is 2.00 bits per heavy atom. The lowest BCUT2D eigenvalue weighted by molar-refractivity contribution is -0.128. The summed E-state index contributed by atoms with van der Waals surface area (Å²) >= 11 is 0. The number of hydrogen-bond acceptors (Lipinski definition) is 3. The first-order valence-corrected chi connectivity index (χ1v) is 8.64. The molecule has 128 valence electrons. The van der Waals surface area contributed by atoms with E-state index in [1.54, 1.807) is 0 Å². The third kappa shape index (κ3) is 5.05. The van der Waals surface area contributed by atoms with E-state index >= 15 is 0 Å². The summed E-state index contributed by atoms with van der Waals surface area (Å²) in [6.45, 7) is 9.24. The van der Waals surface area contributed by atoms with E-state index in [4.69, 9.17) is 5.73 Å². The third-order valence-electron chi connectivity index (χ3n) is 5.35. The van der Waals surface area contributed by atoms with Gasteiger partial charge in [0, 0.05) is 31.6 Å². The fourth-order valence-corrected chi connectivity index (χ4v) is 3.21. The van der Waals surface area contributed by atoms with Crippen molar-refractivity contribution >= 4 is 5.91 Å². The van der Waals surface area contributed by atoms with Crippen molar-refractivity contribution in [3.8, 4) is 0 Å². The van der Waals surface area contributed by atoms with Crippen molar-refractivity contribution in [1.29, 1.82) is 0 Å². The molecule has 0 unspecified atom stereocenters. The normalized spacial score (nSPS) is 19.4. The van der Waals surface area contributed by atoms with Gasteiger partial charge in [0.25, 0.3) is 0 Å². The molecule has 0 saturated carbocycles. The highest BCUT2D eigenvalue weighted by Crippen LogP contribution is 2.33. The maximum atomic E-state index is 11.6. The number of likely N-dealkylation sites (tertiary alicyclic amines) is 1. The lowest BCUT2D eigenvalue weighted by atomic mass is 9.78. The van der Waals surface area contributed by atoms with Crippen LogP contribution in [0.15, 0.2) is 30.3 Å². The van der Waals surface area contributed by atoms with Gasteiger partial charge in [0.2, 0.25) is 5.91 Å². The van der Waals surface area contributed by atoms with E-state index < -0.39 is 5.41 Å². The van der Waals surface area contributed by atoms with Crippen LogP contribution in [0, 0.1) is 11.3 Å². The molecule has 1 heterocycles. The van der Waals surface area contributed by atoms with Crippen LogP contribution in [0.25, 0.3) is 0 Å². The molecule has 0 aliphatic carbocycles. The Hall–Kier alpha value is -1.39. The van der Waals surface area contributed by atoms with E-state index in [0.717, 1.165) is 45.6 Å². The quantitative estimate of drug-likeness (QED) is 0.798. The number of benzene rings is 1. The minimum atomic E-state index is -0.395. The first kappa shape index (κ1) is 18.0. The minimum Gasteiger partial charge on any atom is -0.369 e. The van der Waals surface area contributed by atoms with Gasteiger partial charge in [-0.1, -0.05) is 44.2 Å². The van der Waals surface area contributed by atoms with Crippen LogP contribution in [0.1, 0.15) is 25.8 Å². The zero-order chi connectivity index (χ0) is 16.9. The monoisotopic (exact) mass is 317 g/mol. The van der Waals surface area contributed by atoms with Gasteiger partial charge in [-0.2, -0.15) is 0 Å². The van der Waals surface area contributed by atoms with Gasteiger partial charge in [-0.3, -0.25) is 4.79 Å².